The van der Waals surface area contributed by atoms with E-state index in [1.807, 2.05) is 0 Å². The number of alkyl halides is 10. The van der Waals surface area contributed by atoms with Crippen LogP contribution in [0.25, 0.3) is 0 Å². The van der Waals surface area contributed by atoms with E-state index in [1.165, 1.54) is 0 Å². The van der Waals surface area contributed by atoms with Crippen LogP contribution in [0, 0.1) is 29.1 Å². The number of halogens is 15. The predicted octanol–water partition coefficient (Wildman–Crippen LogP) is 5.50. The molecular weight excluding hydrogens is 497 g/mol. The molecule has 1 fully saturated rings. The molecule has 0 spiro atoms. The van der Waals surface area contributed by atoms with Crippen LogP contribution >= 0.6 is 0 Å². The lowest BCUT2D eigenvalue weighted by molar-refractivity contribution is -0.500. The molecule has 17 heteroatoms. The molecule has 1 aromatic rings. The van der Waals surface area contributed by atoms with Gasteiger partial charge in [-0.25, -0.2) is 26.7 Å². The second-order valence-corrected chi connectivity index (χ2v) is 6.12. The highest BCUT2D eigenvalue weighted by atomic mass is 19.4. The Bertz CT molecular complexity index is 938. The summed E-state index contributed by atoms with van der Waals surface area (Å²) in [6, 6.07) is 0. The molecule has 1 aliphatic rings. The zero-order valence-corrected chi connectivity index (χ0v) is 14.3. The van der Waals surface area contributed by atoms with E-state index in [4.69, 9.17) is 0 Å². The van der Waals surface area contributed by atoms with Crippen molar-refractivity contribution < 1.29 is 75.4 Å². The average molecular weight is 500 g/mol. The first kappa shape index (κ1) is 25.6. The maximum absolute atomic E-state index is 14.5. The Hall–Kier alpha value is -2.62. The van der Waals surface area contributed by atoms with Crippen molar-refractivity contribution in [3.05, 3.63) is 47.3 Å². The molecule has 0 saturated heterocycles. The summed E-state index contributed by atoms with van der Waals surface area (Å²) >= 11 is 0. The molecule has 2 nitrogen and oxygen atoms in total. The molecule has 180 valence electrons. The lowest BCUT2D eigenvalue weighted by Gasteiger charge is -2.55. The van der Waals surface area contributed by atoms with E-state index in [2.05, 4.69) is 11.3 Å². The van der Waals surface area contributed by atoms with Gasteiger partial charge in [-0.15, -0.1) is 0 Å². The lowest BCUT2D eigenvalue weighted by Crippen LogP contribution is -2.84. The fourth-order valence-electron chi connectivity index (χ4n) is 2.83. The van der Waals surface area contributed by atoms with Gasteiger partial charge in [0.15, 0.2) is 23.3 Å². The number of carbonyl (C=O) groups is 1. The summed E-state index contributed by atoms with van der Waals surface area (Å²) < 4.78 is 212. The number of rotatable bonds is 3. The normalized spacial score (nSPS) is 24.0. The first-order valence-electron chi connectivity index (χ1n) is 7.39. The van der Waals surface area contributed by atoms with Crippen molar-refractivity contribution >= 4 is 5.97 Å². The van der Waals surface area contributed by atoms with E-state index >= 15 is 0 Å². The molecule has 0 aliphatic heterocycles. The third-order valence-electron chi connectivity index (χ3n) is 4.44. The van der Waals surface area contributed by atoms with Crippen LogP contribution in [0.1, 0.15) is 5.56 Å². The highest BCUT2D eigenvalue weighted by Crippen LogP contribution is 2.72. The molecule has 0 aromatic heterocycles. The van der Waals surface area contributed by atoms with Crippen LogP contribution in [0.4, 0.5) is 65.9 Å². The molecule has 1 aliphatic carbocycles. The van der Waals surface area contributed by atoms with Crippen molar-refractivity contribution in [1.29, 1.82) is 0 Å². The van der Waals surface area contributed by atoms with Gasteiger partial charge in [-0.1, -0.05) is 6.58 Å². The van der Waals surface area contributed by atoms with Gasteiger partial charge in [-0.05, 0) is 0 Å². The molecular formula is C15H3F15O2. The van der Waals surface area contributed by atoms with E-state index in [9.17, 15) is 70.7 Å². The Labute approximate surface area is 165 Å². The second-order valence-electron chi connectivity index (χ2n) is 6.12. The fourth-order valence-corrected chi connectivity index (χ4v) is 2.83. The summed E-state index contributed by atoms with van der Waals surface area (Å²) in [7, 11) is 0. The molecule has 2 rings (SSSR count). The zero-order chi connectivity index (χ0) is 25.5. The monoisotopic (exact) mass is 500 g/mol. The Balaban J connectivity index is 3.30. The van der Waals surface area contributed by atoms with E-state index in [0.717, 1.165) is 0 Å². The molecule has 1 aromatic carbocycles. The number of benzene rings is 1. The Morgan fingerprint density at radius 1 is 0.594 bits per heavy atom. The molecule has 0 N–H and O–H groups in total. The van der Waals surface area contributed by atoms with Crippen molar-refractivity contribution in [2.75, 3.05) is 0 Å². The third-order valence-corrected chi connectivity index (χ3v) is 4.44. The smallest absolute Gasteiger partial charge is 0.384 e. The maximum atomic E-state index is 14.5. The van der Waals surface area contributed by atoms with Gasteiger partial charge in [0.2, 0.25) is 5.82 Å². The van der Waals surface area contributed by atoms with E-state index < -0.39 is 81.9 Å². The Morgan fingerprint density at radius 3 is 1.19 bits per heavy atom. The first-order valence-corrected chi connectivity index (χ1v) is 7.39. The maximum Gasteiger partial charge on any atom is 0.384 e. The van der Waals surface area contributed by atoms with Gasteiger partial charge in [-0.2, -0.15) is 43.9 Å². The first-order chi connectivity index (χ1) is 14.1. The molecule has 0 unspecified atom stereocenters. The minimum Gasteiger partial charge on any atom is -0.437 e. The van der Waals surface area contributed by atoms with Gasteiger partial charge in [-0.3, -0.25) is 0 Å². The highest BCUT2D eigenvalue weighted by molar-refractivity contribution is 5.82. The Morgan fingerprint density at radius 2 is 0.875 bits per heavy atom. The zero-order valence-electron chi connectivity index (χ0n) is 14.3. The topological polar surface area (TPSA) is 26.3 Å². The number of hydrogen-bond acceptors (Lipinski definition) is 2. The van der Waals surface area contributed by atoms with Gasteiger partial charge < -0.3 is 4.74 Å². The lowest BCUT2D eigenvalue weighted by atomic mass is 9.67. The van der Waals surface area contributed by atoms with Crippen LogP contribution in [0.2, 0.25) is 0 Å². The fraction of sp³-hybridized carbons (Fsp3) is 0.400. The minimum absolute atomic E-state index is 0.525. The van der Waals surface area contributed by atoms with Gasteiger partial charge >= 0.3 is 35.6 Å². The van der Waals surface area contributed by atoms with Crippen LogP contribution in [0.3, 0.4) is 0 Å². The van der Waals surface area contributed by atoms with Crippen LogP contribution in [-0.4, -0.2) is 35.6 Å². The van der Waals surface area contributed by atoms with Crippen LogP contribution in [-0.2, 0) is 15.1 Å². The summed E-state index contributed by atoms with van der Waals surface area (Å²) in [6.07, 6.45) is -0.525. The number of carbonyl (C=O) groups excluding carboxylic acids is 1. The summed E-state index contributed by atoms with van der Waals surface area (Å²) in [5, 5.41) is 0. The third kappa shape index (κ3) is 2.44. The van der Waals surface area contributed by atoms with Crippen molar-refractivity contribution in [1.82, 2.24) is 0 Å². The van der Waals surface area contributed by atoms with Crippen molar-refractivity contribution in [2.45, 2.75) is 35.2 Å². The van der Waals surface area contributed by atoms with Gasteiger partial charge in [0.05, 0.1) is 5.56 Å². The van der Waals surface area contributed by atoms with Crippen molar-refractivity contribution in [2.24, 2.45) is 0 Å². The number of hydrogen-bond donors (Lipinski definition) is 0. The number of ether oxygens (including phenoxy) is 1. The van der Waals surface area contributed by atoms with Gasteiger partial charge in [0.25, 0.3) is 5.60 Å². The van der Waals surface area contributed by atoms with E-state index in [0.29, 0.717) is 0 Å². The quantitative estimate of drug-likeness (QED) is 0.180. The molecule has 32 heavy (non-hydrogen) atoms. The molecule has 0 heterocycles. The van der Waals surface area contributed by atoms with Gasteiger partial charge in [0, 0.05) is 6.08 Å². The molecule has 0 bridgehead atoms. The summed E-state index contributed by atoms with van der Waals surface area (Å²) in [6.45, 7) is 2.36. The molecule has 0 amide bonds. The molecule has 0 atom stereocenters. The Kier molecular flexibility index (Phi) is 5.36. The van der Waals surface area contributed by atoms with Crippen LogP contribution < -0.4 is 0 Å². The number of esters is 1. The summed E-state index contributed by atoms with van der Waals surface area (Å²) in [5.74, 6) is -59.2. The highest BCUT2D eigenvalue weighted by Gasteiger charge is 3.02. The molecule has 0 radical (unpaired) electrons. The predicted molar refractivity (Wildman–Crippen MR) is 68.9 cm³/mol. The van der Waals surface area contributed by atoms with Gasteiger partial charge in [0.1, 0.15) is 0 Å². The average Bonchev–Trinajstić information content (AvgIpc) is 2.68. The molecule has 1 saturated carbocycles. The van der Waals surface area contributed by atoms with Crippen LogP contribution in [0.15, 0.2) is 12.7 Å². The minimum atomic E-state index is -7.73. The van der Waals surface area contributed by atoms with E-state index in [-0.39, 0.29) is 0 Å². The van der Waals surface area contributed by atoms with Crippen LogP contribution in [0.5, 0.6) is 0 Å². The SMILES string of the molecule is C=CC(=O)OC1(c2c(F)c(F)c(F)c(F)c2F)C(F)(F)C(F)(F)C(F)(F)C(F)(F)C1(F)F. The summed E-state index contributed by atoms with van der Waals surface area (Å²) in [5.41, 5.74) is -10.8. The summed E-state index contributed by atoms with van der Waals surface area (Å²) in [4.78, 5) is 11.3. The largest absolute Gasteiger partial charge is 0.437 e. The van der Waals surface area contributed by atoms with Crippen molar-refractivity contribution in [3.8, 4) is 0 Å². The second kappa shape index (κ2) is 6.69. The van der Waals surface area contributed by atoms with E-state index in [1.54, 1.807) is 0 Å². The van der Waals surface area contributed by atoms with Crippen molar-refractivity contribution in [3.63, 3.8) is 0 Å². The standard InChI is InChI=1S/C15H3F15O2/c1-2-3(31)32-10(4-5(16)7(18)9(20)8(19)6(4)17)11(21,22)13(25,26)15(29,30)14(27,28)12(10,23)24/h2H,1H2.